The maximum Gasteiger partial charge on any atom is 0.224 e. The van der Waals surface area contributed by atoms with Crippen LogP contribution in [-0.2, 0) is 18.3 Å². The molecule has 1 aromatic rings. The second-order valence-electron chi connectivity index (χ2n) is 3.27. The van der Waals surface area contributed by atoms with E-state index in [-0.39, 0.29) is 11.8 Å². The van der Waals surface area contributed by atoms with Gasteiger partial charge in [0.2, 0.25) is 5.91 Å². The molecule has 3 N–H and O–H groups in total. The number of nitrogens with one attached hydrogen (secondary N) is 1. The van der Waals surface area contributed by atoms with Crippen LogP contribution < -0.4 is 11.1 Å². The van der Waals surface area contributed by atoms with Gasteiger partial charge in [-0.15, -0.1) is 0 Å². The van der Waals surface area contributed by atoms with E-state index in [4.69, 9.17) is 5.73 Å². The van der Waals surface area contributed by atoms with Gasteiger partial charge in [0.25, 0.3) is 0 Å². The first kappa shape index (κ1) is 10.7. The molecule has 1 amide bonds. The zero-order valence-electron chi connectivity index (χ0n) is 8.53. The second kappa shape index (κ2) is 4.76. The van der Waals surface area contributed by atoms with Gasteiger partial charge in [-0.05, 0) is 12.0 Å². The minimum atomic E-state index is -0.163. The molecule has 0 aliphatic carbocycles. The monoisotopic (exact) mass is 196 g/mol. The molecule has 0 aliphatic heterocycles. The fourth-order valence-electron chi connectivity index (χ4n) is 1.35. The lowest BCUT2D eigenvalue weighted by Gasteiger charge is -2.11. The van der Waals surface area contributed by atoms with Gasteiger partial charge in [0, 0.05) is 26.8 Å². The van der Waals surface area contributed by atoms with Gasteiger partial charge in [0.15, 0.2) is 0 Å². The molecule has 0 aliphatic rings. The lowest BCUT2D eigenvalue weighted by Crippen LogP contribution is -2.33. The average molecular weight is 196 g/mol. The molecular weight excluding hydrogens is 180 g/mol. The molecule has 0 saturated heterocycles. The molecule has 0 saturated carbocycles. The lowest BCUT2D eigenvalue weighted by atomic mass is 10.0. The summed E-state index contributed by atoms with van der Waals surface area (Å²) >= 11 is 0. The van der Waals surface area contributed by atoms with E-state index in [9.17, 15) is 4.79 Å². The van der Waals surface area contributed by atoms with E-state index in [0.29, 0.717) is 13.0 Å². The van der Waals surface area contributed by atoms with Crippen LogP contribution in [0.3, 0.4) is 0 Å². The minimum absolute atomic E-state index is 0.0173. The highest BCUT2D eigenvalue weighted by atomic mass is 16.1. The fourth-order valence-corrected chi connectivity index (χ4v) is 1.35. The predicted octanol–water partition coefficient (Wildman–Crippen LogP) is -0.716. The summed E-state index contributed by atoms with van der Waals surface area (Å²) in [6.45, 7) is 0.356. The van der Waals surface area contributed by atoms with Gasteiger partial charge in [0.1, 0.15) is 0 Å². The smallest absolute Gasteiger partial charge is 0.224 e. The van der Waals surface area contributed by atoms with Crippen molar-refractivity contribution in [2.24, 2.45) is 18.7 Å². The molecule has 1 unspecified atom stereocenters. The standard InChI is InChI=1S/C9H16N4O/c1-11-9(14)8(4-10)3-7-5-12-13(2)6-7/h5-6,8H,3-4,10H2,1-2H3,(H,11,14). The number of aryl methyl sites for hydroxylation is 1. The largest absolute Gasteiger partial charge is 0.359 e. The Morgan fingerprint density at radius 1 is 1.79 bits per heavy atom. The molecule has 1 atom stereocenters. The number of aromatic nitrogens is 2. The molecule has 1 rings (SSSR count). The first-order chi connectivity index (χ1) is 6.67. The fraction of sp³-hybridized carbons (Fsp3) is 0.556. The maximum atomic E-state index is 11.3. The summed E-state index contributed by atoms with van der Waals surface area (Å²) in [5.41, 5.74) is 6.55. The quantitative estimate of drug-likeness (QED) is 0.667. The highest BCUT2D eigenvalue weighted by Gasteiger charge is 2.16. The van der Waals surface area contributed by atoms with Crippen LogP contribution in [0.4, 0.5) is 0 Å². The second-order valence-corrected chi connectivity index (χ2v) is 3.27. The number of carbonyl (C=O) groups excluding carboxylic acids is 1. The molecule has 1 aromatic heterocycles. The number of nitrogens with zero attached hydrogens (tertiary/aromatic N) is 2. The van der Waals surface area contributed by atoms with Crippen LogP contribution in [-0.4, -0.2) is 29.3 Å². The van der Waals surface area contributed by atoms with Crippen molar-refractivity contribution >= 4 is 5.91 Å². The molecule has 0 fully saturated rings. The summed E-state index contributed by atoms with van der Waals surface area (Å²) in [6.07, 6.45) is 4.29. The Hall–Kier alpha value is -1.36. The number of rotatable bonds is 4. The van der Waals surface area contributed by atoms with Gasteiger partial charge < -0.3 is 11.1 Å². The van der Waals surface area contributed by atoms with E-state index in [1.54, 1.807) is 17.9 Å². The lowest BCUT2D eigenvalue weighted by molar-refractivity contribution is -0.124. The average Bonchev–Trinajstić information content (AvgIpc) is 2.59. The molecule has 0 bridgehead atoms. The van der Waals surface area contributed by atoms with Crippen molar-refractivity contribution in [3.8, 4) is 0 Å². The van der Waals surface area contributed by atoms with Crippen LogP contribution in [0.5, 0.6) is 0 Å². The van der Waals surface area contributed by atoms with Crippen molar-refractivity contribution in [1.82, 2.24) is 15.1 Å². The molecule has 78 valence electrons. The predicted molar refractivity (Wildman–Crippen MR) is 53.5 cm³/mol. The molecule has 0 spiro atoms. The van der Waals surface area contributed by atoms with E-state index in [1.165, 1.54) is 0 Å². The van der Waals surface area contributed by atoms with E-state index < -0.39 is 0 Å². The van der Waals surface area contributed by atoms with Crippen LogP contribution in [0.2, 0.25) is 0 Å². The highest BCUT2D eigenvalue weighted by Crippen LogP contribution is 2.06. The zero-order valence-corrected chi connectivity index (χ0v) is 8.53. The number of carbonyl (C=O) groups is 1. The van der Waals surface area contributed by atoms with Gasteiger partial charge in [-0.2, -0.15) is 5.10 Å². The summed E-state index contributed by atoms with van der Waals surface area (Å²) in [7, 11) is 3.47. The Labute approximate surface area is 83.3 Å². The first-order valence-corrected chi connectivity index (χ1v) is 4.56. The minimum Gasteiger partial charge on any atom is -0.359 e. The summed E-state index contributed by atoms with van der Waals surface area (Å²) in [5.74, 6) is -0.180. The van der Waals surface area contributed by atoms with Gasteiger partial charge >= 0.3 is 0 Å². The Bertz CT molecular complexity index is 308. The van der Waals surface area contributed by atoms with E-state index >= 15 is 0 Å². The first-order valence-electron chi connectivity index (χ1n) is 4.56. The van der Waals surface area contributed by atoms with Crippen molar-refractivity contribution in [3.63, 3.8) is 0 Å². The normalized spacial score (nSPS) is 12.5. The molecule has 5 nitrogen and oxygen atoms in total. The van der Waals surface area contributed by atoms with Crippen LogP contribution in [0.1, 0.15) is 5.56 Å². The number of amides is 1. The Kier molecular flexibility index (Phi) is 3.64. The van der Waals surface area contributed by atoms with Crippen molar-refractivity contribution in [1.29, 1.82) is 0 Å². The van der Waals surface area contributed by atoms with Crippen LogP contribution in [0.25, 0.3) is 0 Å². The molecule has 0 radical (unpaired) electrons. The van der Waals surface area contributed by atoms with Crippen molar-refractivity contribution in [3.05, 3.63) is 18.0 Å². The number of nitrogens with two attached hydrogens (primary N) is 1. The third-order valence-corrected chi connectivity index (χ3v) is 2.14. The van der Waals surface area contributed by atoms with E-state index in [1.807, 2.05) is 13.2 Å². The summed E-state index contributed by atoms with van der Waals surface area (Å²) in [5, 5.41) is 6.63. The van der Waals surface area contributed by atoms with Crippen molar-refractivity contribution in [2.45, 2.75) is 6.42 Å². The number of hydrogen-bond acceptors (Lipinski definition) is 3. The third-order valence-electron chi connectivity index (χ3n) is 2.14. The molecule has 1 heterocycles. The van der Waals surface area contributed by atoms with E-state index in [0.717, 1.165) is 5.56 Å². The third kappa shape index (κ3) is 2.56. The summed E-state index contributed by atoms with van der Waals surface area (Å²) in [6, 6.07) is 0. The van der Waals surface area contributed by atoms with Crippen LogP contribution >= 0.6 is 0 Å². The molecular formula is C9H16N4O. The Morgan fingerprint density at radius 3 is 2.93 bits per heavy atom. The van der Waals surface area contributed by atoms with Gasteiger partial charge in [0.05, 0.1) is 12.1 Å². The van der Waals surface area contributed by atoms with Crippen LogP contribution in [0.15, 0.2) is 12.4 Å². The Morgan fingerprint density at radius 2 is 2.50 bits per heavy atom. The van der Waals surface area contributed by atoms with Gasteiger partial charge in [-0.3, -0.25) is 9.48 Å². The molecule has 0 aromatic carbocycles. The topological polar surface area (TPSA) is 72.9 Å². The van der Waals surface area contributed by atoms with Crippen LogP contribution in [0, 0.1) is 5.92 Å². The maximum absolute atomic E-state index is 11.3. The highest BCUT2D eigenvalue weighted by molar-refractivity contribution is 5.78. The summed E-state index contributed by atoms with van der Waals surface area (Å²) in [4.78, 5) is 11.3. The molecule has 5 heteroatoms. The Balaban J connectivity index is 2.61. The number of hydrogen-bond donors (Lipinski definition) is 2. The van der Waals surface area contributed by atoms with Gasteiger partial charge in [-0.25, -0.2) is 0 Å². The zero-order chi connectivity index (χ0) is 10.6. The SMILES string of the molecule is CNC(=O)C(CN)Cc1cnn(C)c1. The van der Waals surface area contributed by atoms with Gasteiger partial charge in [-0.1, -0.05) is 0 Å². The summed E-state index contributed by atoms with van der Waals surface area (Å²) < 4.78 is 1.72. The van der Waals surface area contributed by atoms with Crippen molar-refractivity contribution in [2.75, 3.05) is 13.6 Å². The van der Waals surface area contributed by atoms with E-state index in [2.05, 4.69) is 10.4 Å². The molecule has 14 heavy (non-hydrogen) atoms. The van der Waals surface area contributed by atoms with Crippen molar-refractivity contribution < 1.29 is 4.79 Å².